The Bertz CT molecular complexity index is 185. The van der Waals surface area contributed by atoms with E-state index in [1.807, 2.05) is 0 Å². The Labute approximate surface area is 75.9 Å². The van der Waals surface area contributed by atoms with Crippen molar-refractivity contribution in [2.75, 3.05) is 7.05 Å². The van der Waals surface area contributed by atoms with E-state index in [0.717, 1.165) is 23.8 Å². The quantitative estimate of drug-likeness (QED) is 0.632. The van der Waals surface area contributed by atoms with Crippen LogP contribution in [0.15, 0.2) is 0 Å². The second-order valence-corrected chi connectivity index (χ2v) is 5.35. The number of hydrogen-bond donors (Lipinski definition) is 1. The van der Waals surface area contributed by atoms with Crippen molar-refractivity contribution in [3.8, 4) is 0 Å². The first kappa shape index (κ1) is 8.55. The molecule has 3 saturated carbocycles. The fourth-order valence-electron chi connectivity index (χ4n) is 3.53. The van der Waals surface area contributed by atoms with Crippen molar-refractivity contribution in [1.29, 1.82) is 0 Å². The van der Waals surface area contributed by atoms with E-state index < -0.39 is 0 Å². The van der Waals surface area contributed by atoms with Gasteiger partial charge in [-0.1, -0.05) is 20.8 Å². The summed E-state index contributed by atoms with van der Waals surface area (Å²) in [5.41, 5.74) is 0.646. The van der Waals surface area contributed by atoms with Crippen LogP contribution < -0.4 is 5.32 Å². The predicted octanol–water partition coefficient (Wildman–Crippen LogP) is 2.28. The number of hydrogen-bond acceptors (Lipinski definition) is 1. The second-order valence-electron chi connectivity index (χ2n) is 5.35. The smallest absolute Gasteiger partial charge is 0.00953 e. The summed E-state index contributed by atoms with van der Waals surface area (Å²) in [6, 6.07) is 0.793. The van der Waals surface area contributed by atoms with E-state index in [4.69, 9.17) is 0 Å². The highest BCUT2D eigenvalue weighted by Gasteiger charge is 2.55. The summed E-state index contributed by atoms with van der Waals surface area (Å²) in [7, 11) is 2.11. The lowest BCUT2D eigenvalue weighted by Gasteiger charge is -2.62. The van der Waals surface area contributed by atoms with Gasteiger partial charge in [-0.05, 0) is 43.1 Å². The van der Waals surface area contributed by atoms with Gasteiger partial charge < -0.3 is 5.32 Å². The molecule has 0 unspecified atom stereocenters. The first-order valence-electron chi connectivity index (χ1n) is 5.24. The van der Waals surface area contributed by atoms with Crippen molar-refractivity contribution in [3.05, 3.63) is 0 Å². The average Bonchev–Trinajstić information content (AvgIpc) is 2.03. The third-order valence-electron chi connectivity index (χ3n) is 4.72. The summed E-state index contributed by atoms with van der Waals surface area (Å²) in [6.45, 7) is 7.32. The third kappa shape index (κ3) is 0.891. The van der Waals surface area contributed by atoms with Crippen molar-refractivity contribution in [3.63, 3.8) is 0 Å². The van der Waals surface area contributed by atoms with Crippen LogP contribution in [0.25, 0.3) is 0 Å². The minimum Gasteiger partial charge on any atom is -0.317 e. The molecule has 2 bridgehead atoms. The zero-order chi connectivity index (χ0) is 8.93. The van der Waals surface area contributed by atoms with Gasteiger partial charge in [0.05, 0.1) is 0 Å². The van der Waals surface area contributed by atoms with Gasteiger partial charge >= 0.3 is 0 Å². The Kier molecular flexibility index (Phi) is 1.76. The van der Waals surface area contributed by atoms with Crippen LogP contribution in [0.5, 0.6) is 0 Å². The normalized spacial score (nSPS) is 50.0. The maximum absolute atomic E-state index is 3.45. The van der Waals surface area contributed by atoms with E-state index in [-0.39, 0.29) is 0 Å². The van der Waals surface area contributed by atoms with Crippen molar-refractivity contribution >= 4 is 0 Å². The molecule has 0 aromatic heterocycles. The van der Waals surface area contributed by atoms with E-state index in [9.17, 15) is 0 Å². The number of rotatable bonds is 1. The molecule has 1 heteroatoms. The molecule has 1 nitrogen and oxygen atoms in total. The SMILES string of the molecule is CN[C@H]1C[C@H]2C[C@@H]([C@@H]1C)C2(C)C. The van der Waals surface area contributed by atoms with Gasteiger partial charge in [-0.25, -0.2) is 0 Å². The number of fused-ring (bicyclic) bond motifs is 2. The molecular formula is C11H21N. The molecule has 0 aromatic rings. The molecule has 12 heavy (non-hydrogen) atoms. The molecule has 0 heterocycles. The zero-order valence-electron chi connectivity index (χ0n) is 8.72. The molecule has 0 spiro atoms. The second kappa shape index (κ2) is 2.47. The molecule has 0 aromatic carbocycles. The highest BCUT2D eigenvalue weighted by atomic mass is 14.9. The fraction of sp³-hybridized carbons (Fsp3) is 1.00. The maximum atomic E-state index is 3.45. The standard InChI is InChI=1S/C11H21N/c1-7-9-5-8(11(9,2)3)6-10(7)12-4/h7-10,12H,5-6H2,1-4H3/t7-,8+,9-,10-/m0/s1. The first-order chi connectivity index (χ1) is 5.57. The number of nitrogens with one attached hydrogen (secondary N) is 1. The zero-order valence-corrected chi connectivity index (χ0v) is 8.72. The molecule has 3 aliphatic rings. The van der Waals surface area contributed by atoms with E-state index in [2.05, 4.69) is 33.1 Å². The summed E-state index contributed by atoms with van der Waals surface area (Å²) < 4.78 is 0. The summed E-state index contributed by atoms with van der Waals surface area (Å²) in [6.07, 6.45) is 2.90. The third-order valence-corrected chi connectivity index (χ3v) is 4.72. The molecule has 0 saturated heterocycles. The molecule has 4 atom stereocenters. The van der Waals surface area contributed by atoms with Gasteiger partial charge in [0.15, 0.2) is 0 Å². The summed E-state index contributed by atoms with van der Waals surface area (Å²) in [5.74, 6) is 2.86. The van der Waals surface area contributed by atoms with Crippen molar-refractivity contribution < 1.29 is 0 Å². The van der Waals surface area contributed by atoms with Gasteiger partial charge in [0.25, 0.3) is 0 Å². The molecule has 1 N–H and O–H groups in total. The summed E-state index contributed by atoms with van der Waals surface area (Å²) in [4.78, 5) is 0. The van der Waals surface area contributed by atoms with Crippen LogP contribution in [-0.2, 0) is 0 Å². The van der Waals surface area contributed by atoms with Crippen molar-refractivity contribution in [2.45, 2.75) is 39.7 Å². The molecule has 3 aliphatic carbocycles. The van der Waals surface area contributed by atoms with Gasteiger partial charge in [-0.2, -0.15) is 0 Å². The van der Waals surface area contributed by atoms with Crippen molar-refractivity contribution in [2.24, 2.45) is 23.2 Å². The lowest BCUT2D eigenvalue weighted by Crippen LogP contribution is -2.59. The summed E-state index contributed by atoms with van der Waals surface area (Å²) in [5, 5.41) is 3.45. The largest absolute Gasteiger partial charge is 0.317 e. The Morgan fingerprint density at radius 3 is 2.33 bits per heavy atom. The Balaban J connectivity index is 2.11. The van der Waals surface area contributed by atoms with Crippen LogP contribution in [0, 0.1) is 23.2 Å². The average molecular weight is 167 g/mol. The van der Waals surface area contributed by atoms with Crippen LogP contribution in [0.4, 0.5) is 0 Å². The van der Waals surface area contributed by atoms with Crippen LogP contribution in [0.1, 0.15) is 33.6 Å². The minimum atomic E-state index is 0.646. The molecule has 0 radical (unpaired) electrons. The predicted molar refractivity (Wildman–Crippen MR) is 52.0 cm³/mol. The summed E-state index contributed by atoms with van der Waals surface area (Å²) >= 11 is 0. The van der Waals surface area contributed by atoms with E-state index in [1.54, 1.807) is 0 Å². The highest BCUT2D eigenvalue weighted by Crippen LogP contribution is 2.61. The van der Waals surface area contributed by atoms with Crippen LogP contribution >= 0.6 is 0 Å². The molecule has 0 aliphatic heterocycles. The van der Waals surface area contributed by atoms with Gasteiger partial charge in [0, 0.05) is 6.04 Å². The van der Waals surface area contributed by atoms with Gasteiger partial charge in [0.2, 0.25) is 0 Å². The minimum absolute atomic E-state index is 0.646. The Morgan fingerprint density at radius 1 is 1.25 bits per heavy atom. The maximum Gasteiger partial charge on any atom is 0.00953 e. The molecule has 0 amide bonds. The first-order valence-corrected chi connectivity index (χ1v) is 5.24. The highest BCUT2D eigenvalue weighted by molar-refractivity contribution is 5.06. The fourth-order valence-corrected chi connectivity index (χ4v) is 3.53. The molecule has 70 valence electrons. The van der Waals surface area contributed by atoms with E-state index >= 15 is 0 Å². The van der Waals surface area contributed by atoms with Gasteiger partial charge in [-0.15, -0.1) is 0 Å². The van der Waals surface area contributed by atoms with E-state index in [1.165, 1.54) is 12.8 Å². The molecular weight excluding hydrogens is 146 g/mol. The molecule has 3 fully saturated rings. The van der Waals surface area contributed by atoms with E-state index in [0.29, 0.717) is 5.41 Å². The van der Waals surface area contributed by atoms with Crippen LogP contribution in [0.3, 0.4) is 0 Å². The van der Waals surface area contributed by atoms with Crippen molar-refractivity contribution in [1.82, 2.24) is 5.32 Å². The Morgan fingerprint density at radius 2 is 1.92 bits per heavy atom. The van der Waals surface area contributed by atoms with Gasteiger partial charge in [0.1, 0.15) is 0 Å². The Hall–Kier alpha value is -0.0400. The van der Waals surface area contributed by atoms with Crippen LogP contribution in [0.2, 0.25) is 0 Å². The topological polar surface area (TPSA) is 12.0 Å². The van der Waals surface area contributed by atoms with Crippen LogP contribution in [-0.4, -0.2) is 13.1 Å². The van der Waals surface area contributed by atoms with Gasteiger partial charge in [-0.3, -0.25) is 0 Å². The molecule has 3 rings (SSSR count). The lowest BCUT2D eigenvalue weighted by molar-refractivity contribution is -0.113. The monoisotopic (exact) mass is 167 g/mol. The lowest BCUT2D eigenvalue weighted by atomic mass is 9.45.